The van der Waals surface area contributed by atoms with Gasteiger partial charge >= 0.3 is 12.0 Å². The molecule has 2 aliphatic rings. The van der Waals surface area contributed by atoms with Crippen molar-refractivity contribution in [2.24, 2.45) is 11.7 Å². The van der Waals surface area contributed by atoms with Gasteiger partial charge in [-0.15, -0.1) is 0 Å². The largest absolute Gasteiger partial charge is 0.456 e. The van der Waals surface area contributed by atoms with Crippen LogP contribution in [-0.4, -0.2) is 48.5 Å². The molecule has 1 heterocycles. The summed E-state index contributed by atoms with van der Waals surface area (Å²) in [5, 5.41) is 2.31. The molecule has 1 saturated carbocycles. The van der Waals surface area contributed by atoms with Crippen molar-refractivity contribution in [1.82, 2.24) is 10.2 Å². The maximum absolute atomic E-state index is 12.3. The number of likely N-dealkylation sites (tertiary alicyclic amines) is 1. The molecule has 1 aliphatic carbocycles. The van der Waals surface area contributed by atoms with Crippen molar-refractivity contribution in [2.75, 3.05) is 19.7 Å². The van der Waals surface area contributed by atoms with Crippen LogP contribution in [0.4, 0.5) is 4.79 Å². The van der Waals surface area contributed by atoms with Crippen molar-refractivity contribution in [3.8, 4) is 0 Å². The van der Waals surface area contributed by atoms with E-state index in [0.717, 1.165) is 19.4 Å². The highest BCUT2D eigenvalue weighted by Gasteiger charge is 2.35. The van der Waals surface area contributed by atoms with Crippen LogP contribution in [-0.2, 0) is 14.3 Å². The first-order chi connectivity index (χ1) is 10.6. The molecule has 3 N–H and O–H groups in total. The van der Waals surface area contributed by atoms with Gasteiger partial charge in [0.15, 0.2) is 6.61 Å². The van der Waals surface area contributed by atoms with Crippen LogP contribution in [0.5, 0.6) is 0 Å². The summed E-state index contributed by atoms with van der Waals surface area (Å²) in [7, 11) is 0. The van der Waals surface area contributed by atoms with Crippen LogP contribution < -0.4 is 11.1 Å². The van der Waals surface area contributed by atoms with Gasteiger partial charge in [0.25, 0.3) is 5.91 Å². The van der Waals surface area contributed by atoms with Gasteiger partial charge in [-0.05, 0) is 31.6 Å². The lowest BCUT2D eigenvalue weighted by molar-refractivity contribution is -0.154. The summed E-state index contributed by atoms with van der Waals surface area (Å²) in [5.41, 5.74) is 4.90. The topological polar surface area (TPSA) is 102 Å². The van der Waals surface area contributed by atoms with Crippen LogP contribution in [0.15, 0.2) is 0 Å². The van der Waals surface area contributed by atoms with Crippen LogP contribution in [0.1, 0.15) is 44.9 Å². The Bertz CT molecular complexity index is 425. The highest BCUT2D eigenvalue weighted by molar-refractivity contribution is 5.81. The number of hydrogen-bond donors (Lipinski definition) is 2. The number of rotatable bonds is 5. The first kappa shape index (κ1) is 16.6. The van der Waals surface area contributed by atoms with E-state index in [4.69, 9.17) is 10.5 Å². The number of primary amides is 1. The Morgan fingerprint density at radius 2 is 1.86 bits per heavy atom. The highest BCUT2D eigenvalue weighted by atomic mass is 16.5. The fourth-order valence-corrected chi connectivity index (χ4v) is 3.52. The lowest BCUT2D eigenvalue weighted by Gasteiger charge is -2.44. The maximum Gasteiger partial charge on any atom is 0.312 e. The molecule has 1 saturated heterocycles. The summed E-state index contributed by atoms with van der Waals surface area (Å²) in [6, 6.07) is -0.356. The van der Waals surface area contributed by atoms with E-state index in [1.165, 1.54) is 25.7 Å². The number of ether oxygens (including phenoxy) is 1. The van der Waals surface area contributed by atoms with E-state index >= 15 is 0 Å². The molecular weight excluding hydrogens is 286 g/mol. The number of hydrogen-bond acceptors (Lipinski definition) is 4. The number of piperidine rings is 1. The van der Waals surface area contributed by atoms with Gasteiger partial charge in [0, 0.05) is 19.1 Å². The number of urea groups is 1. The van der Waals surface area contributed by atoms with Gasteiger partial charge in [-0.3, -0.25) is 9.59 Å². The summed E-state index contributed by atoms with van der Waals surface area (Å²) in [6.45, 7) is 0.677. The molecule has 0 aromatic carbocycles. The molecule has 0 aromatic rings. The van der Waals surface area contributed by atoms with Gasteiger partial charge in [-0.25, -0.2) is 4.79 Å². The number of nitrogens with zero attached hydrogens (tertiary/aromatic N) is 1. The second kappa shape index (κ2) is 8.00. The molecular formula is C15H25N3O4. The zero-order valence-electron chi connectivity index (χ0n) is 12.9. The summed E-state index contributed by atoms with van der Waals surface area (Å²) in [4.78, 5) is 36.2. The Morgan fingerprint density at radius 3 is 2.64 bits per heavy atom. The first-order valence-corrected chi connectivity index (χ1v) is 8.06. The molecule has 22 heavy (non-hydrogen) atoms. The zero-order valence-corrected chi connectivity index (χ0v) is 12.9. The molecule has 7 heteroatoms. The van der Waals surface area contributed by atoms with E-state index in [9.17, 15) is 14.4 Å². The third-order valence-electron chi connectivity index (χ3n) is 4.55. The molecule has 0 spiro atoms. The van der Waals surface area contributed by atoms with Crippen LogP contribution in [0, 0.1) is 5.92 Å². The Labute approximate surface area is 130 Å². The van der Waals surface area contributed by atoms with Crippen molar-refractivity contribution < 1.29 is 19.1 Å². The van der Waals surface area contributed by atoms with Crippen molar-refractivity contribution in [3.63, 3.8) is 0 Å². The molecule has 124 valence electrons. The number of nitrogens with one attached hydrogen (secondary N) is 1. The van der Waals surface area contributed by atoms with E-state index in [1.807, 2.05) is 4.90 Å². The molecule has 0 unspecified atom stereocenters. The van der Waals surface area contributed by atoms with Crippen molar-refractivity contribution in [3.05, 3.63) is 0 Å². The number of amides is 3. The van der Waals surface area contributed by atoms with Crippen LogP contribution in [0.25, 0.3) is 0 Å². The maximum atomic E-state index is 12.3. The second-order valence-corrected chi connectivity index (χ2v) is 6.04. The molecule has 0 aromatic heterocycles. The van der Waals surface area contributed by atoms with Gasteiger partial charge < -0.3 is 20.7 Å². The number of nitrogens with two attached hydrogens (primary N) is 1. The number of esters is 1. The minimum atomic E-state index is -0.680. The Balaban J connectivity index is 1.74. The smallest absolute Gasteiger partial charge is 0.312 e. The van der Waals surface area contributed by atoms with Gasteiger partial charge in [-0.2, -0.15) is 0 Å². The number of carbonyl (C=O) groups is 3. The summed E-state index contributed by atoms with van der Waals surface area (Å²) in [5.74, 6) is 0.00836. The molecule has 0 radical (unpaired) electrons. The van der Waals surface area contributed by atoms with Crippen LogP contribution in [0.3, 0.4) is 0 Å². The Kier molecular flexibility index (Phi) is 6.03. The normalized spacial score (nSPS) is 24.3. The fourth-order valence-electron chi connectivity index (χ4n) is 3.52. The van der Waals surface area contributed by atoms with E-state index in [-0.39, 0.29) is 25.5 Å². The van der Waals surface area contributed by atoms with E-state index in [2.05, 4.69) is 5.32 Å². The zero-order chi connectivity index (χ0) is 15.9. The van der Waals surface area contributed by atoms with Crippen LogP contribution in [0.2, 0.25) is 0 Å². The van der Waals surface area contributed by atoms with E-state index < -0.39 is 12.0 Å². The molecule has 2 atom stereocenters. The van der Waals surface area contributed by atoms with Crippen molar-refractivity contribution in [1.29, 1.82) is 0 Å². The van der Waals surface area contributed by atoms with Crippen LogP contribution >= 0.6 is 0 Å². The number of carbonyl (C=O) groups excluding carboxylic acids is 3. The molecule has 2 rings (SSSR count). The quantitative estimate of drug-likeness (QED) is 0.732. The second-order valence-electron chi connectivity index (χ2n) is 6.04. The van der Waals surface area contributed by atoms with Crippen molar-refractivity contribution >= 4 is 17.9 Å². The minimum Gasteiger partial charge on any atom is -0.456 e. The molecule has 0 bridgehead atoms. The Hall–Kier alpha value is -1.79. The van der Waals surface area contributed by atoms with Gasteiger partial charge in [0.05, 0.1) is 6.42 Å². The predicted molar refractivity (Wildman–Crippen MR) is 79.9 cm³/mol. The lowest BCUT2D eigenvalue weighted by atomic mass is 9.78. The molecule has 7 nitrogen and oxygen atoms in total. The van der Waals surface area contributed by atoms with E-state index in [1.54, 1.807) is 0 Å². The van der Waals surface area contributed by atoms with Gasteiger partial charge in [-0.1, -0.05) is 12.8 Å². The first-order valence-electron chi connectivity index (χ1n) is 8.06. The summed E-state index contributed by atoms with van der Waals surface area (Å²) in [6.07, 6.45) is 6.94. The van der Waals surface area contributed by atoms with Gasteiger partial charge in [0.1, 0.15) is 0 Å². The monoisotopic (exact) mass is 311 g/mol. The standard InChI is InChI=1S/C15H25N3O4/c16-15(21)17-8-7-14(20)22-10-13(19)18-9-3-5-11-4-1-2-6-12(11)18/h11-12H,1-10H2,(H3,16,17,21)/t11-,12+/m0/s1. The number of fused-ring (bicyclic) bond motifs is 1. The van der Waals surface area contributed by atoms with Crippen molar-refractivity contribution in [2.45, 2.75) is 51.0 Å². The minimum absolute atomic E-state index is 0.0161. The fraction of sp³-hybridized carbons (Fsp3) is 0.800. The third-order valence-corrected chi connectivity index (χ3v) is 4.55. The SMILES string of the molecule is NC(=O)NCCC(=O)OCC(=O)N1CCC[C@@H]2CCCC[C@H]21. The average molecular weight is 311 g/mol. The van der Waals surface area contributed by atoms with Gasteiger partial charge in [0.2, 0.25) is 0 Å². The van der Waals surface area contributed by atoms with E-state index in [0.29, 0.717) is 12.0 Å². The predicted octanol–water partition coefficient (Wildman–Crippen LogP) is 0.769. The Morgan fingerprint density at radius 1 is 1.14 bits per heavy atom. The average Bonchev–Trinajstić information content (AvgIpc) is 2.51. The molecule has 2 fully saturated rings. The lowest BCUT2D eigenvalue weighted by Crippen LogP contribution is -2.50. The molecule has 3 amide bonds. The third kappa shape index (κ3) is 4.61. The summed E-state index contributed by atoms with van der Waals surface area (Å²) >= 11 is 0. The summed E-state index contributed by atoms with van der Waals surface area (Å²) < 4.78 is 5.00. The molecule has 1 aliphatic heterocycles. The highest BCUT2D eigenvalue weighted by Crippen LogP contribution is 2.35.